The lowest BCUT2D eigenvalue weighted by molar-refractivity contribution is -0.384. The predicted octanol–water partition coefficient (Wildman–Crippen LogP) is 4.66. The van der Waals surface area contributed by atoms with E-state index < -0.39 is 10.8 Å². The molecule has 25 heavy (non-hydrogen) atoms. The quantitative estimate of drug-likeness (QED) is 0.600. The smallest absolute Gasteiger partial charge is 0.288 e. The van der Waals surface area contributed by atoms with Crippen LogP contribution >= 0.6 is 11.6 Å². The van der Waals surface area contributed by atoms with Crippen LogP contribution in [0.25, 0.3) is 0 Å². The van der Waals surface area contributed by atoms with Gasteiger partial charge in [0.1, 0.15) is 5.02 Å². The number of nitrogens with zero attached hydrogens (tertiary/aromatic N) is 2. The van der Waals surface area contributed by atoms with E-state index >= 15 is 0 Å². The van der Waals surface area contributed by atoms with Crippen LogP contribution in [-0.4, -0.2) is 23.9 Å². The van der Waals surface area contributed by atoms with Gasteiger partial charge in [-0.05, 0) is 56.7 Å². The van der Waals surface area contributed by atoms with Gasteiger partial charge in [0.15, 0.2) is 0 Å². The molecule has 2 aromatic rings. The van der Waals surface area contributed by atoms with E-state index in [9.17, 15) is 14.9 Å². The number of benzene rings is 2. The molecule has 7 heteroatoms. The molecule has 0 saturated heterocycles. The number of aryl methyl sites for hydroxylation is 1. The Morgan fingerprint density at radius 3 is 2.44 bits per heavy atom. The molecule has 2 rings (SSSR count). The van der Waals surface area contributed by atoms with Gasteiger partial charge in [-0.25, -0.2) is 0 Å². The van der Waals surface area contributed by atoms with Gasteiger partial charge in [0.25, 0.3) is 11.6 Å². The third-order valence-electron chi connectivity index (χ3n) is 3.99. The molecule has 0 saturated carbocycles. The van der Waals surface area contributed by atoms with Crippen LogP contribution < -0.4 is 10.2 Å². The molecule has 0 radical (unpaired) electrons. The van der Waals surface area contributed by atoms with E-state index in [2.05, 4.69) is 24.1 Å². The average Bonchev–Trinajstić information content (AvgIpc) is 2.58. The van der Waals surface area contributed by atoms with Crippen LogP contribution in [0.5, 0.6) is 0 Å². The summed E-state index contributed by atoms with van der Waals surface area (Å²) < 4.78 is 0. The molecule has 0 aliphatic carbocycles. The topological polar surface area (TPSA) is 75.5 Å². The maximum Gasteiger partial charge on any atom is 0.288 e. The number of nitrogens with one attached hydrogen (secondary N) is 1. The van der Waals surface area contributed by atoms with Crippen molar-refractivity contribution >= 4 is 34.6 Å². The van der Waals surface area contributed by atoms with Crippen molar-refractivity contribution in [3.8, 4) is 0 Å². The molecule has 132 valence electrons. The van der Waals surface area contributed by atoms with Gasteiger partial charge >= 0.3 is 0 Å². The number of rotatable bonds is 6. The molecular formula is C18H20ClN3O3. The van der Waals surface area contributed by atoms with Crippen molar-refractivity contribution in [1.82, 2.24) is 0 Å². The van der Waals surface area contributed by atoms with Crippen LogP contribution in [0.15, 0.2) is 36.4 Å². The fourth-order valence-electron chi connectivity index (χ4n) is 2.56. The molecule has 0 unspecified atom stereocenters. The largest absolute Gasteiger partial charge is 0.372 e. The number of hydrogen-bond acceptors (Lipinski definition) is 4. The second kappa shape index (κ2) is 7.98. The number of nitro benzene ring substituents is 1. The Hall–Kier alpha value is -2.60. The minimum Gasteiger partial charge on any atom is -0.372 e. The Kier molecular flexibility index (Phi) is 5.98. The number of anilines is 2. The second-order valence-corrected chi connectivity index (χ2v) is 5.96. The van der Waals surface area contributed by atoms with Crippen LogP contribution in [0.4, 0.5) is 17.1 Å². The van der Waals surface area contributed by atoms with Crippen LogP contribution in [-0.2, 0) is 0 Å². The van der Waals surface area contributed by atoms with E-state index in [-0.39, 0.29) is 16.3 Å². The first-order valence-electron chi connectivity index (χ1n) is 7.98. The first-order chi connectivity index (χ1) is 11.9. The summed E-state index contributed by atoms with van der Waals surface area (Å²) in [5.41, 5.74) is 2.56. The zero-order chi connectivity index (χ0) is 18.6. The van der Waals surface area contributed by atoms with Crippen LogP contribution in [0, 0.1) is 17.0 Å². The minimum atomic E-state index is -0.608. The zero-order valence-electron chi connectivity index (χ0n) is 14.4. The Balaban J connectivity index is 2.23. The van der Waals surface area contributed by atoms with Gasteiger partial charge in [0, 0.05) is 36.1 Å². The van der Waals surface area contributed by atoms with Crippen LogP contribution in [0.1, 0.15) is 29.8 Å². The monoisotopic (exact) mass is 361 g/mol. The Morgan fingerprint density at radius 2 is 1.88 bits per heavy atom. The molecule has 0 aliphatic rings. The average molecular weight is 362 g/mol. The molecule has 6 nitrogen and oxygen atoms in total. The minimum absolute atomic E-state index is 0.00121. The first-order valence-corrected chi connectivity index (χ1v) is 8.36. The maximum atomic E-state index is 12.4. The summed E-state index contributed by atoms with van der Waals surface area (Å²) >= 11 is 5.78. The van der Waals surface area contributed by atoms with E-state index in [1.807, 2.05) is 25.1 Å². The molecule has 0 aromatic heterocycles. The molecule has 0 bridgehead atoms. The molecule has 0 spiro atoms. The number of carbonyl (C=O) groups is 1. The Labute approximate surface area is 151 Å². The van der Waals surface area contributed by atoms with Crippen molar-refractivity contribution in [3.05, 3.63) is 62.7 Å². The third-order valence-corrected chi connectivity index (χ3v) is 4.31. The van der Waals surface area contributed by atoms with Crippen LogP contribution in [0.3, 0.4) is 0 Å². The van der Waals surface area contributed by atoms with Crippen molar-refractivity contribution < 1.29 is 9.72 Å². The molecule has 1 N–H and O–H groups in total. The normalized spacial score (nSPS) is 10.4. The molecular weight excluding hydrogens is 342 g/mol. The lowest BCUT2D eigenvalue weighted by Crippen LogP contribution is -2.22. The molecule has 0 atom stereocenters. The summed E-state index contributed by atoms with van der Waals surface area (Å²) in [5.74, 6) is -0.418. The predicted molar refractivity (Wildman–Crippen MR) is 101 cm³/mol. The molecule has 0 heterocycles. The number of halogens is 1. The van der Waals surface area contributed by atoms with Gasteiger partial charge in [0.2, 0.25) is 0 Å². The van der Waals surface area contributed by atoms with Crippen LogP contribution in [0.2, 0.25) is 5.02 Å². The fourth-order valence-corrected chi connectivity index (χ4v) is 2.75. The standard InChI is InChI=1S/C18H20ClN3O3/c1-4-21(5-2)14-7-9-16(12(3)10-14)20-18(23)13-6-8-15(19)17(11-13)22(24)25/h6-11H,4-5H2,1-3H3,(H,20,23). The molecule has 0 fully saturated rings. The lowest BCUT2D eigenvalue weighted by atomic mass is 10.1. The van der Waals surface area contributed by atoms with Crippen molar-refractivity contribution in [1.29, 1.82) is 0 Å². The first kappa shape index (κ1) is 18.7. The fraction of sp³-hybridized carbons (Fsp3) is 0.278. The van der Waals surface area contributed by atoms with Gasteiger partial charge in [-0.15, -0.1) is 0 Å². The summed E-state index contributed by atoms with van der Waals surface area (Å²) in [4.78, 5) is 24.9. The van der Waals surface area contributed by atoms with Gasteiger partial charge in [-0.2, -0.15) is 0 Å². The maximum absolute atomic E-state index is 12.4. The summed E-state index contributed by atoms with van der Waals surface area (Å²) in [7, 11) is 0. The Bertz CT molecular complexity index is 804. The van der Waals surface area contributed by atoms with E-state index in [4.69, 9.17) is 11.6 Å². The zero-order valence-corrected chi connectivity index (χ0v) is 15.1. The highest BCUT2D eigenvalue weighted by Crippen LogP contribution is 2.27. The van der Waals surface area contributed by atoms with Gasteiger partial charge < -0.3 is 10.2 Å². The van der Waals surface area contributed by atoms with Gasteiger partial charge in [-0.3, -0.25) is 14.9 Å². The highest BCUT2D eigenvalue weighted by Gasteiger charge is 2.17. The Morgan fingerprint density at radius 1 is 1.20 bits per heavy atom. The van der Waals surface area contributed by atoms with Crippen molar-refractivity contribution in [3.63, 3.8) is 0 Å². The number of hydrogen-bond donors (Lipinski definition) is 1. The number of carbonyl (C=O) groups excluding carboxylic acids is 1. The van der Waals surface area contributed by atoms with E-state index in [1.165, 1.54) is 18.2 Å². The van der Waals surface area contributed by atoms with Gasteiger partial charge in [-0.1, -0.05) is 11.6 Å². The SMILES string of the molecule is CCN(CC)c1ccc(NC(=O)c2ccc(Cl)c([N+](=O)[O-])c2)c(C)c1. The van der Waals surface area contributed by atoms with Crippen molar-refractivity contribution in [2.45, 2.75) is 20.8 Å². The summed E-state index contributed by atoms with van der Waals surface area (Å²) in [6, 6.07) is 9.78. The lowest BCUT2D eigenvalue weighted by Gasteiger charge is -2.22. The second-order valence-electron chi connectivity index (χ2n) is 5.55. The molecule has 2 aromatic carbocycles. The highest BCUT2D eigenvalue weighted by molar-refractivity contribution is 6.32. The van der Waals surface area contributed by atoms with Crippen molar-refractivity contribution in [2.24, 2.45) is 0 Å². The summed E-state index contributed by atoms with van der Waals surface area (Å²) in [6.45, 7) is 7.88. The van der Waals surface area contributed by atoms with E-state index in [0.29, 0.717) is 5.69 Å². The molecule has 0 aliphatic heterocycles. The number of amides is 1. The highest BCUT2D eigenvalue weighted by atomic mass is 35.5. The van der Waals surface area contributed by atoms with E-state index in [0.717, 1.165) is 24.3 Å². The van der Waals surface area contributed by atoms with Crippen molar-refractivity contribution in [2.75, 3.05) is 23.3 Å². The summed E-state index contributed by atoms with van der Waals surface area (Å²) in [6.07, 6.45) is 0. The molecule has 1 amide bonds. The third kappa shape index (κ3) is 4.28. The summed E-state index contributed by atoms with van der Waals surface area (Å²) in [5, 5.41) is 13.7. The van der Waals surface area contributed by atoms with E-state index in [1.54, 1.807) is 0 Å². The van der Waals surface area contributed by atoms with Gasteiger partial charge in [0.05, 0.1) is 4.92 Å². The number of nitro groups is 1.